The summed E-state index contributed by atoms with van der Waals surface area (Å²) in [7, 11) is 0. The molecule has 0 aliphatic carbocycles. The molecule has 0 aliphatic heterocycles. The van der Waals surface area contributed by atoms with Crippen LogP contribution < -0.4 is 5.48 Å². The Kier molecular flexibility index (Phi) is 4.68. The van der Waals surface area contributed by atoms with E-state index in [1.807, 2.05) is 12.1 Å². The van der Waals surface area contributed by atoms with Crippen molar-refractivity contribution in [3.05, 3.63) is 53.3 Å². The molecule has 2 aromatic rings. The predicted molar refractivity (Wildman–Crippen MR) is 75.5 cm³/mol. The number of nitrogens with one attached hydrogen (secondary N) is 2. The Morgan fingerprint density at radius 1 is 1.38 bits per heavy atom. The Morgan fingerprint density at radius 2 is 2.10 bits per heavy atom. The van der Waals surface area contributed by atoms with Crippen molar-refractivity contribution >= 4 is 11.8 Å². The minimum Gasteiger partial charge on any atom is -0.462 e. The van der Waals surface area contributed by atoms with Gasteiger partial charge in [-0.25, -0.2) is 4.79 Å². The fraction of sp³-hybridized carbons (Fsp3) is 0.214. The number of carbonyl (C=O) groups is 1. The summed E-state index contributed by atoms with van der Waals surface area (Å²) >= 11 is 0. The molecule has 0 atom stereocenters. The van der Waals surface area contributed by atoms with E-state index >= 15 is 0 Å². The smallest absolute Gasteiger partial charge is 0.341 e. The number of benzene rings is 1. The van der Waals surface area contributed by atoms with Crippen molar-refractivity contribution in [2.75, 3.05) is 6.61 Å². The summed E-state index contributed by atoms with van der Waals surface area (Å²) < 4.78 is 6.54. The molecule has 110 valence electrons. The molecule has 0 radical (unpaired) electrons. The largest absolute Gasteiger partial charge is 0.462 e. The van der Waals surface area contributed by atoms with Crippen LogP contribution >= 0.6 is 0 Å². The van der Waals surface area contributed by atoms with Crippen LogP contribution in [-0.2, 0) is 11.3 Å². The number of carbonyl (C=O) groups excluding carboxylic acids is 1. The summed E-state index contributed by atoms with van der Waals surface area (Å²) in [6.45, 7) is 2.58. The van der Waals surface area contributed by atoms with Gasteiger partial charge in [0, 0.05) is 11.8 Å². The molecule has 0 amide bonds. The average molecular weight is 288 g/mol. The number of amidine groups is 1. The number of esters is 1. The quantitative estimate of drug-likeness (QED) is 0.334. The Labute approximate surface area is 121 Å². The van der Waals surface area contributed by atoms with Crippen LogP contribution in [0.5, 0.6) is 0 Å². The van der Waals surface area contributed by atoms with Crippen molar-refractivity contribution in [2.24, 2.45) is 0 Å². The molecule has 7 heteroatoms. The van der Waals surface area contributed by atoms with Crippen molar-refractivity contribution in [1.29, 1.82) is 5.41 Å². The molecule has 1 aromatic heterocycles. The number of hydrogen-bond donors (Lipinski definition) is 3. The molecule has 3 N–H and O–H groups in total. The maximum absolute atomic E-state index is 11.5. The first kappa shape index (κ1) is 14.7. The van der Waals surface area contributed by atoms with Crippen LogP contribution in [0.25, 0.3) is 0 Å². The third-order valence-corrected chi connectivity index (χ3v) is 2.84. The molecule has 21 heavy (non-hydrogen) atoms. The molecule has 7 nitrogen and oxygen atoms in total. The molecule has 0 fully saturated rings. The molecule has 0 spiro atoms. The first-order valence-electron chi connectivity index (χ1n) is 6.41. The van der Waals surface area contributed by atoms with Crippen molar-refractivity contribution in [2.45, 2.75) is 13.5 Å². The fourth-order valence-electron chi connectivity index (χ4n) is 1.80. The van der Waals surface area contributed by atoms with Gasteiger partial charge in [-0.3, -0.25) is 20.8 Å². The second-order valence-corrected chi connectivity index (χ2v) is 4.33. The van der Waals surface area contributed by atoms with Crippen LogP contribution in [0.2, 0.25) is 0 Å². The number of nitrogens with zero attached hydrogens (tertiary/aromatic N) is 2. The van der Waals surface area contributed by atoms with Gasteiger partial charge in [0.2, 0.25) is 0 Å². The van der Waals surface area contributed by atoms with E-state index in [0.29, 0.717) is 24.3 Å². The van der Waals surface area contributed by atoms with E-state index in [4.69, 9.17) is 15.4 Å². The zero-order chi connectivity index (χ0) is 15.2. The summed E-state index contributed by atoms with van der Waals surface area (Å²) in [5, 5.41) is 20.2. The summed E-state index contributed by atoms with van der Waals surface area (Å²) in [5.74, 6) is -0.452. The van der Waals surface area contributed by atoms with Gasteiger partial charge >= 0.3 is 5.97 Å². The predicted octanol–water partition coefficient (Wildman–Crippen LogP) is 1.41. The number of aromatic nitrogens is 2. The third kappa shape index (κ3) is 3.67. The minimum absolute atomic E-state index is 0.0646. The zero-order valence-electron chi connectivity index (χ0n) is 11.5. The SMILES string of the molecule is CCOC(=O)c1cnn(Cc2ccc(C(=N)NO)cc2)c1. The van der Waals surface area contributed by atoms with Crippen LogP contribution in [0.4, 0.5) is 0 Å². The van der Waals surface area contributed by atoms with Gasteiger partial charge in [-0.1, -0.05) is 24.3 Å². The molecule has 2 rings (SSSR count). The lowest BCUT2D eigenvalue weighted by molar-refractivity contribution is 0.0526. The summed E-state index contributed by atoms with van der Waals surface area (Å²) in [6, 6.07) is 7.09. The number of hydrogen-bond acceptors (Lipinski definition) is 5. The average Bonchev–Trinajstić information content (AvgIpc) is 2.96. The number of rotatable bonds is 5. The zero-order valence-corrected chi connectivity index (χ0v) is 11.5. The van der Waals surface area contributed by atoms with Gasteiger partial charge in [0.25, 0.3) is 0 Å². The molecular formula is C14H16N4O3. The van der Waals surface area contributed by atoms with E-state index in [2.05, 4.69) is 5.10 Å². The summed E-state index contributed by atoms with van der Waals surface area (Å²) in [4.78, 5) is 11.5. The maximum atomic E-state index is 11.5. The molecule has 1 heterocycles. The first-order chi connectivity index (χ1) is 10.1. The van der Waals surface area contributed by atoms with Crippen LogP contribution in [0.15, 0.2) is 36.7 Å². The highest BCUT2D eigenvalue weighted by atomic mass is 16.5. The molecular weight excluding hydrogens is 272 g/mol. The minimum atomic E-state index is -0.387. The lowest BCUT2D eigenvalue weighted by Gasteiger charge is -2.05. The van der Waals surface area contributed by atoms with Crippen molar-refractivity contribution < 1.29 is 14.7 Å². The Balaban J connectivity index is 2.05. The van der Waals surface area contributed by atoms with Crippen molar-refractivity contribution in [3.63, 3.8) is 0 Å². The van der Waals surface area contributed by atoms with Gasteiger partial charge in [0.15, 0.2) is 0 Å². The maximum Gasteiger partial charge on any atom is 0.341 e. The van der Waals surface area contributed by atoms with Gasteiger partial charge in [0.05, 0.1) is 24.9 Å². The van der Waals surface area contributed by atoms with Crippen molar-refractivity contribution in [3.8, 4) is 0 Å². The highest BCUT2D eigenvalue weighted by Crippen LogP contribution is 2.08. The number of hydroxylamine groups is 1. The second kappa shape index (κ2) is 6.67. The lowest BCUT2D eigenvalue weighted by Crippen LogP contribution is -2.18. The van der Waals surface area contributed by atoms with Crippen molar-refractivity contribution in [1.82, 2.24) is 15.3 Å². The van der Waals surface area contributed by atoms with Crippen LogP contribution in [-0.4, -0.2) is 33.4 Å². The van der Waals surface area contributed by atoms with Crippen LogP contribution in [0.3, 0.4) is 0 Å². The van der Waals surface area contributed by atoms with Gasteiger partial charge in [-0.2, -0.15) is 5.10 Å². The highest BCUT2D eigenvalue weighted by molar-refractivity contribution is 5.95. The molecule has 0 saturated heterocycles. The monoisotopic (exact) mass is 288 g/mol. The summed E-state index contributed by atoms with van der Waals surface area (Å²) in [5.41, 5.74) is 3.75. The fourth-order valence-corrected chi connectivity index (χ4v) is 1.80. The molecule has 1 aromatic carbocycles. The van der Waals surface area contributed by atoms with E-state index < -0.39 is 0 Å². The van der Waals surface area contributed by atoms with E-state index in [0.717, 1.165) is 5.56 Å². The Bertz CT molecular complexity index is 634. The third-order valence-electron chi connectivity index (χ3n) is 2.84. The number of ether oxygens (including phenoxy) is 1. The Hall–Kier alpha value is -2.67. The molecule has 0 unspecified atom stereocenters. The van der Waals surface area contributed by atoms with E-state index in [1.165, 1.54) is 6.20 Å². The summed E-state index contributed by atoms with van der Waals surface area (Å²) in [6.07, 6.45) is 3.10. The van der Waals surface area contributed by atoms with Crippen LogP contribution in [0.1, 0.15) is 28.4 Å². The topological polar surface area (TPSA) is 100 Å². The lowest BCUT2D eigenvalue weighted by atomic mass is 10.1. The molecule has 0 bridgehead atoms. The second-order valence-electron chi connectivity index (χ2n) is 4.33. The highest BCUT2D eigenvalue weighted by Gasteiger charge is 2.09. The van der Waals surface area contributed by atoms with E-state index in [-0.39, 0.29) is 11.8 Å². The standard InChI is InChI=1S/C14H16N4O3/c1-2-21-14(19)12-7-16-18(9-12)8-10-3-5-11(6-4-10)13(15)17-20/h3-7,9,20H,2,8H2,1H3,(H2,15,17). The normalized spacial score (nSPS) is 10.2. The van der Waals surface area contributed by atoms with Gasteiger partial charge in [0.1, 0.15) is 5.84 Å². The molecule has 0 saturated carbocycles. The first-order valence-corrected chi connectivity index (χ1v) is 6.41. The van der Waals surface area contributed by atoms with Gasteiger partial charge in [-0.05, 0) is 12.5 Å². The van der Waals surface area contributed by atoms with E-state index in [1.54, 1.807) is 35.4 Å². The van der Waals surface area contributed by atoms with Gasteiger partial charge < -0.3 is 4.74 Å². The molecule has 0 aliphatic rings. The van der Waals surface area contributed by atoms with E-state index in [9.17, 15) is 4.79 Å². The van der Waals surface area contributed by atoms with Crippen LogP contribution in [0, 0.1) is 5.41 Å². The Morgan fingerprint density at radius 3 is 2.71 bits per heavy atom. The van der Waals surface area contributed by atoms with Gasteiger partial charge in [-0.15, -0.1) is 0 Å².